The molecule has 2 aromatic heterocycles. The lowest BCUT2D eigenvalue weighted by Gasteiger charge is -2.36. The lowest BCUT2D eigenvalue weighted by molar-refractivity contribution is -0.245. The van der Waals surface area contributed by atoms with Gasteiger partial charge in [0.2, 0.25) is 0 Å². The summed E-state index contributed by atoms with van der Waals surface area (Å²) in [6.45, 7) is 0.400. The maximum Gasteiger partial charge on any atom is 0.253 e. The molecule has 1 aliphatic rings. The van der Waals surface area contributed by atoms with Gasteiger partial charge in [-0.15, -0.1) is 10.2 Å². The summed E-state index contributed by atoms with van der Waals surface area (Å²) in [5, 5.41) is 21.5. The van der Waals surface area contributed by atoms with Gasteiger partial charge >= 0.3 is 0 Å². The fourth-order valence-corrected chi connectivity index (χ4v) is 6.01. The number of nitrogens with one attached hydrogen (secondary N) is 1. The number of aliphatic hydroxyl groups excluding tert-OH is 1. The monoisotopic (exact) mass is 607 g/mol. The van der Waals surface area contributed by atoms with Crippen LogP contribution in [0.25, 0.3) is 11.1 Å². The first-order chi connectivity index (χ1) is 21.6. The van der Waals surface area contributed by atoms with Gasteiger partial charge in [-0.25, -0.2) is 0 Å². The zero-order valence-electron chi connectivity index (χ0n) is 24.2. The SMILES string of the molecule is Cn1cnnc1SCC1CC(c2ccc(CO)cc2)OC(c2cccc(-c3cccc(CNC(=O)c4cccnc4)c3)c2)O1. The Hall–Kier alpha value is -4.35. The number of hydrogen-bond donors (Lipinski definition) is 2. The van der Waals surface area contributed by atoms with Gasteiger partial charge in [0, 0.05) is 43.7 Å². The van der Waals surface area contributed by atoms with Gasteiger partial charge in [-0.3, -0.25) is 9.78 Å². The molecule has 0 bridgehead atoms. The average molecular weight is 608 g/mol. The maximum atomic E-state index is 12.5. The van der Waals surface area contributed by atoms with Crippen molar-refractivity contribution in [3.63, 3.8) is 0 Å². The van der Waals surface area contributed by atoms with E-state index in [1.807, 2.05) is 60.1 Å². The first kappa shape index (κ1) is 29.7. The molecule has 1 amide bonds. The molecule has 1 fully saturated rings. The van der Waals surface area contributed by atoms with Crippen molar-refractivity contribution in [1.82, 2.24) is 25.1 Å². The molecule has 1 saturated heterocycles. The zero-order valence-corrected chi connectivity index (χ0v) is 25.1. The van der Waals surface area contributed by atoms with E-state index in [-0.39, 0.29) is 24.7 Å². The number of benzene rings is 3. The Bertz CT molecular complexity index is 1700. The van der Waals surface area contributed by atoms with Crippen molar-refractivity contribution in [3.8, 4) is 11.1 Å². The number of aryl methyl sites for hydroxylation is 1. The molecule has 9 nitrogen and oxygen atoms in total. The first-order valence-corrected chi connectivity index (χ1v) is 15.4. The molecule has 0 radical (unpaired) electrons. The van der Waals surface area contributed by atoms with Crippen LogP contribution in [0.2, 0.25) is 0 Å². The van der Waals surface area contributed by atoms with Crippen LogP contribution in [-0.4, -0.2) is 42.6 Å². The molecule has 5 aromatic rings. The molecule has 3 heterocycles. The molecule has 3 aromatic carbocycles. The van der Waals surface area contributed by atoms with Crippen LogP contribution < -0.4 is 5.32 Å². The highest BCUT2D eigenvalue weighted by atomic mass is 32.2. The average Bonchev–Trinajstić information content (AvgIpc) is 3.51. The molecule has 224 valence electrons. The van der Waals surface area contributed by atoms with Crippen molar-refractivity contribution in [1.29, 1.82) is 0 Å². The minimum Gasteiger partial charge on any atom is -0.392 e. The summed E-state index contributed by atoms with van der Waals surface area (Å²) in [7, 11) is 1.93. The minimum atomic E-state index is -0.571. The smallest absolute Gasteiger partial charge is 0.253 e. The van der Waals surface area contributed by atoms with E-state index in [2.05, 4.69) is 44.8 Å². The number of aromatic nitrogens is 4. The summed E-state index contributed by atoms with van der Waals surface area (Å²) < 4.78 is 15.0. The number of pyridine rings is 1. The molecule has 3 atom stereocenters. The molecule has 0 spiro atoms. The van der Waals surface area contributed by atoms with Gasteiger partial charge in [-0.2, -0.15) is 0 Å². The minimum absolute atomic E-state index is 0.000621. The molecular weight excluding hydrogens is 574 g/mol. The molecule has 3 unspecified atom stereocenters. The summed E-state index contributed by atoms with van der Waals surface area (Å²) in [4.78, 5) is 16.5. The third-order valence-electron chi connectivity index (χ3n) is 7.48. The van der Waals surface area contributed by atoms with Crippen molar-refractivity contribution >= 4 is 17.7 Å². The van der Waals surface area contributed by atoms with Crippen LogP contribution in [0, 0.1) is 0 Å². The van der Waals surface area contributed by atoms with Gasteiger partial charge in [0.25, 0.3) is 5.91 Å². The first-order valence-electron chi connectivity index (χ1n) is 14.4. The second kappa shape index (κ2) is 14.0. The predicted octanol–water partition coefficient (Wildman–Crippen LogP) is 5.64. The molecule has 0 saturated carbocycles. The van der Waals surface area contributed by atoms with Crippen LogP contribution in [0.1, 0.15) is 51.4 Å². The topological polar surface area (TPSA) is 111 Å². The number of aliphatic hydroxyl groups is 1. The van der Waals surface area contributed by atoms with Crippen molar-refractivity contribution in [3.05, 3.63) is 131 Å². The maximum absolute atomic E-state index is 12.5. The third-order valence-corrected chi connectivity index (χ3v) is 8.65. The van der Waals surface area contributed by atoms with Crippen LogP contribution in [0.3, 0.4) is 0 Å². The van der Waals surface area contributed by atoms with Gasteiger partial charge in [-0.1, -0.05) is 72.4 Å². The van der Waals surface area contributed by atoms with E-state index >= 15 is 0 Å². The second-order valence-corrected chi connectivity index (χ2v) is 11.6. The molecule has 44 heavy (non-hydrogen) atoms. The van der Waals surface area contributed by atoms with Crippen molar-refractivity contribution in [2.45, 2.75) is 43.2 Å². The third kappa shape index (κ3) is 7.23. The molecular formula is C34H33N5O4S. The lowest BCUT2D eigenvalue weighted by atomic mass is 9.99. The fraction of sp³-hybridized carbons (Fsp3) is 0.235. The van der Waals surface area contributed by atoms with Gasteiger partial charge in [0.1, 0.15) is 6.33 Å². The Morgan fingerprint density at radius 1 is 0.977 bits per heavy atom. The van der Waals surface area contributed by atoms with Crippen LogP contribution in [-0.2, 0) is 29.7 Å². The summed E-state index contributed by atoms with van der Waals surface area (Å²) in [5.74, 6) is 0.536. The molecule has 10 heteroatoms. The quantitative estimate of drug-likeness (QED) is 0.196. The number of rotatable bonds is 10. The molecule has 2 N–H and O–H groups in total. The van der Waals surface area contributed by atoms with E-state index in [0.29, 0.717) is 24.3 Å². The van der Waals surface area contributed by atoms with Crippen molar-refractivity contribution < 1.29 is 19.4 Å². The van der Waals surface area contributed by atoms with Crippen LogP contribution in [0.4, 0.5) is 0 Å². The number of nitrogens with zero attached hydrogens (tertiary/aromatic N) is 4. The van der Waals surface area contributed by atoms with Gasteiger partial charge in [0.05, 0.1) is 24.4 Å². The Balaban J connectivity index is 1.20. The van der Waals surface area contributed by atoms with Gasteiger partial charge < -0.3 is 24.5 Å². The number of carbonyl (C=O) groups is 1. The Kier molecular flexibility index (Phi) is 9.43. The second-order valence-electron chi connectivity index (χ2n) is 10.6. The predicted molar refractivity (Wildman–Crippen MR) is 167 cm³/mol. The molecule has 1 aliphatic heterocycles. The highest BCUT2D eigenvalue weighted by Crippen LogP contribution is 2.40. The van der Waals surface area contributed by atoms with E-state index in [9.17, 15) is 9.90 Å². The van der Waals surface area contributed by atoms with E-state index in [1.54, 1.807) is 42.6 Å². The zero-order chi connectivity index (χ0) is 30.3. The van der Waals surface area contributed by atoms with Crippen molar-refractivity contribution in [2.24, 2.45) is 7.05 Å². The lowest BCUT2D eigenvalue weighted by Crippen LogP contribution is -2.31. The summed E-state index contributed by atoms with van der Waals surface area (Å²) in [5.41, 5.74) is 6.39. The van der Waals surface area contributed by atoms with E-state index in [1.165, 1.54) is 0 Å². The number of hydrogen-bond acceptors (Lipinski definition) is 8. The largest absolute Gasteiger partial charge is 0.392 e. The summed E-state index contributed by atoms with van der Waals surface area (Å²) in [6, 6.07) is 27.7. The summed E-state index contributed by atoms with van der Waals surface area (Å²) in [6.07, 6.45) is 4.74. The van der Waals surface area contributed by atoms with Crippen molar-refractivity contribution in [2.75, 3.05) is 5.75 Å². The number of ether oxygens (including phenoxy) is 2. The van der Waals surface area contributed by atoms with Crippen LogP contribution >= 0.6 is 11.8 Å². The molecule has 0 aliphatic carbocycles. The fourth-order valence-electron chi connectivity index (χ4n) is 5.10. The summed E-state index contributed by atoms with van der Waals surface area (Å²) >= 11 is 1.61. The Morgan fingerprint density at radius 3 is 2.55 bits per heavy atom. The molecule has 6 rings (SSSR count). The van der Waals surface area contributed by atoms with E-state index < -0.39 is 6.29 Å². The normalized spacial score (nSPS) is 18.2. The van der Waals surface area contributed by atoms with Gasteiger partial charge in [0.15, 0.2) is 11.4 Å². The Morgan fingerprint density at radius 2 is 1.80 bits per heavy atom. The Labute approximate surface area is 260 Å². The number of carbonyl (C=O) groups excluding carboxylic acids is 1. The van der Waals surface area contributed by atoms with Gasteiger partial charge in [-0.05, 0) is 52.1 Å². The number of amides is 1. The van der Waals surface area contributed by atoms with E-state index in [4.69, 9.17) is 9.47 Å². The standard InChI is InChI=1S/C34H33N5O4S/c1-39-22-37-38-34(39)44-21-30-17-31(25-12-10-23(20-40)11-13-25)43-33(42-30)28-8-3-7-27(16-28)26-6-2-5-24(15-26)18-36-32(41)29-9-4-14-35-19-29/h2-16,19,22,30-31,33,40H,17-18,20-21H2,1H3,(H,36,41). The highest BCUT2D eigenvalue weighted by Gasteiger charge is 2.32. The van der Waals surface area contributed by atoms with Crippen LogP contribution in [0.5, 0.6) is 0 Å². The van der Waals surface area contributed by atoms with Crippen LogP contribution in [0.15, 0.2) is 109 Å². The van der Waals surface area contributed by atoms with E-state index in [0.717, 1.165) is 38.5 Å². The highest BCUT2D eigenvalue weighted by molar-refractivity contribution is 7.99. The number of thioether (sulfide) groups is 1.